The Balaban J connectivity index is 1.81. The van der Waals surface area contributed by atoms with Crippen molar-refractivity contribution in [2.24, 2.45) is 17.8 Å². The summed E-state index contributed by atoms with van der Waals surface area (Å²) in [6.07, 6.45) is 0.989. The zero-order valence-corrected chi connectivity index (χ0v) is 12.7. The summed E-state index contributed by atoms with van der Waals surface area (Å²) in [6.45, 7) is 6.82. The van der Waals surface area contributed by atoms with Gasteiger partial charge in [-0.25, -0.2) is 4.39 Å². The molecule has 1 aromatic carbocycles. The third kappa shape index (κ3) is 2.69. The monoisotopic (exact) mass is 290 g/mol. The number of hydrogen-bond donors (Lipinski definition) is 1. The fourth-order valence-electron chi connectivity index (χ4n) is 3.52. The highest BCUT2D eigenvalue weighted by molar-refractivity contribution is 5.80. The molecule has 2 aliphatic rings. The lowest BCUT2D eigenvalue weighted by Gasteiger charge is -2.36. The van der Waals surface area contributed by atoms with E-state index in [0.717, 1.165) is 31.6 Å². The smallest absolute Gasteiger partial charge is 0.226 e. The molecule has 114 valence electrons. The summed E-state index contributed by atoms with van der Waals surface area (Å²) >= 11 is 0. The molecule has 2 heterocycles. The van der Waals surface area contributed by atoms with Crippen LogP contribution in [0.5, 0.6) is 0 Å². The Labute approximate surface area is 125 Å². The maximum absolute atomic E-state index is 13.5. The summed E-state index contributed by atoms with van der Waals surface area (Å²) in [5, 5.41) is 3.23. The number of carbonyl (C=O) groups is 1. The molecule has 1 aromatic rings. The van der Waals surface area contributed by atoms with Crippen LogP contribution < -0.4 is 5.32 Å². The quantitative estimate of drug-likeness (QED) is 0.928. The first kappa shape index (κ1) is 14.5. The first-order chi connectivity index (χ1) is 10.1. The summed E-state index contributed by atoms with van der Waals surface area (Å²) in [7, 11) is 0. The van der Waals surface area contributed by atoms with E-state index in [1.807, 2.05) is 17.9 Å². The second-order valence-electron chi connectivity index (χ2n) is 6.50. The van der Waals surface area contributed by atoms with Crippen molar-refractivity contribution in [2.45, 2.75) is 26.3 Å². The van der Waals surface area contributed by atoms with Crippen LogP contribution in [0.1, 0.15) is 31.9 Å². The molecule has 4 heteroatoms. The largest absolute Gasteiger partial charge is 0.335 e. The summed E-state index contributed by atoms with van der Waals surface area (Å²) in [5.74, 6) is 0.868. The van der Waals surface area contributed by atoms with Gasteiger partial charge in [-0.15, -0.1) is 0 Å². The molecule has 1 N–H and O–H groups in total. The van der Waals surface area contributed by atoms with Crippen LogP contribution in [0.2, 0.25) is 0 Å². The van der Waals surface area contributed by atoms with Gasteiger partial charge < -0.3 is 10.2 Å². The summed E-state index contributed by atoms with van der Waals surface area (Å²) in [6, 6.07) is 6.72. The number of halogens is 1. The van der Waals surface area contributed by atoms with E-state index in [-0.39, 0.29) is 23.7 Å². The summed E-state index contributed by atoms with van der Waals surface area (Å²) in [4.78, 5) is 14.8. The predicted molar refractivity (Wildman–Crippen MR) is 80.2 cm³/mol. The van der Waals surface area contributed by atoms with Gasteiger partial charge in [0.15, 0.2) is 0 Å². The van der Waals surface area contributed by atoms with Crippen LogP contribution in [0.25, 0.3) is 0 Å². The van der Waals surface area contributed by atoms with Crippen LogP contribution in [0.3, 0.4) is 0 Å². The number of carbonyl (C=O) groups excluding carboxylic acids is 1. The minimum atomic E-state index is -0.227. The van der Waals surface area contributed by atoms with Gasteiger partial charge in [-0.3, -0.25) is 4.79 Å². The van der Waals surface area contributed by atoms with Gasteiger partial charge in [-0.05, 0) is 49.0 Å². The Bertz CT molecular complexity index is 529. The van der Waals surface area contributed by atoms with Gasteiger partial charge in [0.1, 0.15) is 5.82 Å². The lowest BCUT2D eigenvalue weighted by molar-refractivity contribution is -0.138. The van der Waals surface area contributed by atoms with Gasteiger partial charge >= 0.3 is 0 Å². The van der Waals surface area contributed by atoms with Crippen molar-refractivity contribution < 1.29 is 9.18 Å². The highest BCUT2D eigenvalue weighted by atomic mass is 19.1. The number of rotatable bonds is 3. The highest BCUT2D eigenvalue weighted by Crippen LogP contribution is 2.38. The summed E-state index contributed by atoms with van der Waals surface area (Å²) < 4.78 is 13.5. The number of nitrogens with one attached hydrogen (secondary N) is 1. The highest BCUT2D eigenvalue weighted by Gasteiger charge is 2.39. The van der Waals surface area contributed by atoms with Crippen molar-refractivity contribution in [2.75, 3.05) is 19.6 Å². The number of amides is 1. The Kier molecular flexibility index (Phi) is 3.98. The fraction of sp³-hybridized carbons (Fsp3) is 0.588. The Morgan fingerprint density at radius 2 is 2.19 bits per heavy atom. The van der Waals surface area contributed by atoms with Crippen LogP contribution in [-0.4, -0.2) is 30.4 Å². The molecule has 2 aliphatic heterocycles. The Morgan fingerprint density at radius 1 is 1.43 bits per heavy atom. The zero-order chi connectivity index (χ0) is 15.0. The van der Waals surface area contributed by atoms with E-state index < -0.39 is 0 Å². The SMILES string of the molecule is CC1CCN(C(=O)C(C)C2CNC2)C1c1cccc(F)c1. The number of benzene rings is 1. The van der Waals surface area contributed by atoms with Gasteiger partial charge in [-0.2, -0.15) is 0 Å². The van der Waals surface area contributed by atoms with Crippen LogP contribution in [-0.2, 0) is 4.79 Å². The first-order valence-electron chi connectivity index (χ1n) is 7.84. The summed E-state index contributed by atoms with van der Waals surface area (Å²) in [5.41, 5.74) is 0.923. The third-order valence-electron chi connectivity index (χ3n) is 5.08. The molecule has 2 saturated heterocycles. The average Bonchev–Trinajstić information content (AvgIpc) is 2.77. The molecule has 3 atom stereocenters. The maximum atomic E-state index is 13.5. The second-order valence-corrected chi connectivity index (χ2v) is 6.50. The maximum Gasteiger partial charge on any atom is 0.226 e. The Morgan fingerprint density at radius 3 is 2.81 bits per heavy atom. The number of hydrogen-bond acceptors (Lipinski definition) is 2. The molecule has 3 nitrogen and oxygen atoms in total. The van der Waals surface area contributed by atoms with Crippen LogP contribution >= 0.6 is 0 Å². The molecule has 3 unspecified atom stereocenters. The second kappa shape index (κ2) is 5.76. The van der Waals surface area contributed by atoms with Crippen molar-refractivity contribution >= 4 is 5.91 Å². The lowest BCUT2D eigenvalue weighted by Crippen LogP contribution is -2.50. The normalized spacial score (nSPS) is 27.5. The molecule has 2 fully saturated rings. The van der Waals surface area contributed by atoms with E-state index >= 15 is 0 Å². The van der Waals surface area contributed by atoms with E-state index in [0.29, 0.717) is 11.8 Å². The zero-order valence-electron chi connectivity index (χ0n) is 12.7. The predicted octanol–water partition coefficient (Wildman–Crippen LogP) is 2.59. The molecule has 0 bridgehead atoms. The van der Waals surface area contributed by atoms with E-state index in [1.54, 1.807) is 12.1 Å². The van der Waals surface area contributed by atoms with Crippen molar-refractivity contribution in [3.8, 4) is 0 Å². The number of nitrogens with zero attached hydrogens (tertiary/aromatic N) is 1. The number of likely N-dealkylation sites (tertiary alicyclic amines) is 1. The molecule has 21 heavy (non-hydrogen) atoms. The van der Waals surface area contributed by atoms with E-state index in [2.05, 4.69) is 12.2 Å². The van der Waals surface area contributed by atoms with Crippen LogP contribution in [0.4, 0.5) is 4.39 Å². The van der Waals surface area contributed by atoms with Crippen molar-refractivity contribution in [3.63, 3.8) is 0 Å². The van der Waals surface area contributed by atoms with Crippen molar-refractivity contribution in [3.05, 3.63) is 35.6 Å². The minimum Gasteiger partial charge on any atom is -0.335 e. The molecule has 0 radical (unpaired) electrons. The van der Waals surface area contributed by atoms with Crippen LogP contribution in [0, 0.1) is 23.6 Å². The standard InChI is InChI=1S/C17H23FN2O/c1-11-6-7-20(17(21)12(2)14-9-19-10-14)16(11)13-4-3-5-15(18)8-13/h3-5,8,11-12,14,16,19H,6-7,9-10H2,1-2H3. The third-order valence-corrected chi connectivity index (χ3v) is 5.08. The van der Waals surface area contributed by atoms with Gasteiger partial charge in [0.05, 0.1) is 6.04 Å². The van der Waals surface area contributed by atoms with Gasteiger partial charge in [0.2, 0.25) is 5.91 Å². The first-order valence-corrected chi connectivity index (χ1v) is 7.84. The molecular weight excluding hydrogens is 267 g/mol. The fourth-order valence-corrected chi connectivity index (χ4v) is 3.52. The minimum absolute atomic E-state index is 0.0173. The van der Waals surface area contributed by atoms with E-state index in [4.69, 9.17) is 0 Å². The molecule has 1 amide bonds. The molecule has 3 rings (SSSR count). The van der Waals surface area contributed by atoms with Gasteiger partial charge in [0.25, 0.3) is 0 Å². The lowest BCUT2D eigenvalue weighted by atomic mass is 9.87. The Hall–Kier alpha value is -1.42. The molecule has 0 saturated carbocycles. The molecule has 0 aliphatic carbocycles. The molecule has 0 spiro atoms. The average molecular weight is 290 g/mol. The van der Waals surface area contributed by atoms with Crippen molar-refractivity contribution in [1.29, 1.82) is 0 Å². The van der Waals surface area contributed by atoms with Gasteiger partial charge in [-0.1, -0.05) is 26.0 Å². The van der Waals surface area contributed by atoms with E-state index in [9.17, 15) is 9.18 Å². The molecular formula is C17H23FN2O. The van der Waals surface area contributed by atoms with Crippen molar-refractivity contribution in [1.82, 2.24) is 10.2 Å². The van der Waals surface area contributed by atoms with E-state index in [1.165, 1.54) is 6.07 Å². The topological polar surface area (TPSA) is 32.3 Å². The van der Waals surface area contributed by atoms with Crippen LogP contribution in [0.15, 0.2) is 24.3 Å². The van der Waals surface area contributed by atoms with Gasteiger partial charge in [0, 0.05) is 12.5 Å². The molecule has 0 aromatic heterocycles.